The van der Waals surface area contributed by atoms with Gasteiger partial charge in [0.2, 0.25) is 5.91 Å². The predicted octanol–water partition coefficient (Wildman–Crippen LogP) is 1.44. The summed E-state index contributed by atoms with van der Waals surface area (Å²) in [7, 11) is 0. The van der Waals surface area contributed by atoms with Crippen molar-refractivity contribution in [2.75, 3.05) is 18.1 Å². The summed E-state index contributed by atoms with van der Waals surface area (Å²) in [5, 5.41) is 12.2. The molecule has 1 aromatic carbocycles. The third-order valence-corrected chi connectivity index (χ3v) is 4.07. The molecule has 5 heteroatoms. The molecule has 0 bridgehead atoms. The Morgan fingerprint density at radius 3 is 2.89 bits per heavy atom. The lowest BCUT2D eigenvalue weighted by atomic mass is 10.1. The summed E-state index contributed by atoms with van der Waals surface area (Å²) in [5.74, 6) is -0.114. The minimum absolute atomic E-state index is 0.0873. The molecule has 2 N–H and O–H groups in total. The Balaban J connectivity index is 2.33. The van der Waals surface area contributed by atoms with Gasteiger partial charge in [0.25, 0.3) is 0 Å². The van der Waals surface area contributed by atoms with Crippen molar-refractivity contribution >= 4 is 27.5 Å². The first-order chi connectivity index (χ1) is 8.52. The zero-order valence-electron chi connectivity index (χ0n) is 10.5. The average Bonchev–Trinajstić information content (AvgIpc) is 2.32. The summed E-state index contributed by atoms with van der Waals surface area (Å²) in [4.78, 5) is 13.8. The number of piperazine rings is 1. The molecule has 2 atom stereocenters. The molecule has 0 aliphatic carbocycles. The lowest BCUT2D eigenvalue weighted by Gasteiger charge is -2.39. The van der Waals surface area contributed by atoms with Crippen LogP contribution in [0.1, 0.15) is 12.5 Å². The normalized spacial score (nSPS) is 24.0. The summed E-state index contributed by atoms with van der Waals surface area (Å²) in [5.41, 5.74) is 2.08. The number of aliphatic hydroxyl groups excluding tert-OH is 1. The molecule has 1 heterocycles. The molecule has 1 saturated heterocycles. The van der Waals surface area contributed by atoms with Gasteiger partial charge < -0.3 is 15.3 Å². The van der Waals surface area contributed by atoms with Gasteiger partial charge in [0.05, 0.1) is 6.61 Å². The molecular weight excluding hydrogens is 296 g/mol. The second-order valence-electron chi connectivity index (χ2n) is 4.69. The van der Waals surface area contributed by atoms with Crippen LogP contribution in [0.5, 0.6) is 0 Å². The molecule has 4 nitrogen and oxygen atoms in total. The van der Waals surface area contributed by atoms with Crippen molar-refractivity contribution in [1.29, 1.82) is 0 Å². The number of aliphatic hydroxyl groups is 1. The summed E-state index contributed by atoms with van der Waals surface area (Å²) < 4.78 is 1.04. The number of hydrogen-bond acceptors (Lipinski definition) is 3. The van der Waals surface area contributed by atoms with Crippen molar-refractivity contribution in [3.8, 4) is 0 Å². The average molecular weight is 313 g/mol. The summed E-state index contributed by atoms with van der Waals surface area (Å²) in [6, 6.07) is 5.55. The highest BCUT2D eigenvalue weighted by Crippen LogP contribution is 2.25. The van der Waals surface area contributed by atoms with Crippen LogP contribution in [0.4, 0.5) is 5.69 Å². The van der Waals surface area contributed by atoms with E-state index in [1.165, 1.54) is 0 Å². The Hall–Kier alpha value is -1.07. The van der Waals surface area contributed by atoms with Gasteiger partial charge >= 0.3 is 0 Å². The summed E-state index contributed by atoms with van der Waals surface area (Å²) in [6.45, 7) is 4.50. The molecule has 1 aliphatic rings. The van der Waals surface area contributed by atoms with Crippen molar-refractivity contribution in [2.24, 2.45) is 0 Å². The third-order valence-electron chi connectivity index (χ3n) is 3.18. The number of aryl methyl sites for hydroxylation is 1. The fraction of sp³-hybridized carbons (Fsp3) is 0.462. The van der Waals surface area contributed by atoms with Crippen LogP contribution >= 0.6 is 15.9 Å². The van der Waals surface area contributed by atoms with E-state index in [4.69, 9.17) is 0 Å². The second kappa shape index (κ2) is 5.28. The van der Waals surface area contributed by atoms with E-state index >= 15 is 0 Å². The van der Waals surface area contributed by atoms with Crippen molar-refractivity contribution in [2.45, 2.75) is 25.9 Å². The number of carbonyl (C=O) groups excluding carboxylic acids is 1. The molecule has 98 valence electrons. The number of amides is 1. The van der Waals surface area contributed by atoms with Gasteiger partial charge in [-0.05, 0) is 37.6 Å². The van der Waals surface area contributed by atoms with Crippen LogP contribution in [-0.2, 0) is 4.79 Å². The van der Waals surface area contributed by atoms with E-state index in [0.29, 0.717) is 6.54 Å². The van der Waals surface area contributed by atoms with Crippen LogP contribution in [0, 0.1) is 6.92 Å². The van der Waals surface area contributed by atoms with Gasteiger partial charge in [0, 0.05) is 22.7 Å². The summed E-state index contributed by atoms with van der Waals surface area (Å²) >= 11 is 3.46. The molecule has 2 rings (SSSR count). The van der Waals surface area contributed by atoms with Crippen LogP contribution < -0.4 is 10.2 Å². The molecule has 18 heavy (non-hydrogen) atoms. The van der Waals surface area contributed by atoms with E-state index in [9.17, 15) is 9.90 Å². The number of rotatable bonds is 2. The molecule has 0 spiro atoms. The van der Waals surface area contributed by atoms with Crippen LogP contribution in [0.2, 0.25) is 0 Å². The first-order valence-electron chi connectivity index (χ1n) is 5.97. The smallest absolute Gasteiger partial charge is 0.245 e. The highest BCUT2D eigenvalue weighted by molar-refractivity contribution is 9.10. The van der Waals surface area contributed by atoms with Crippen LogP contribution in [0.3, 0.4) is 0 Å². The van der Waals surface area contributed by atoms with Gasteiger partial charge in [0.1, 0.15) is 6.04 Å². The first-order valence-corrected chi connectivity index (χ1v) is 6.76. The largest absolute Gasteiger partial charge is 0.394 e. The van der Waals surface area contributed by atoms with E-state index < -0.39 is 6.04 Å². The van der Waals surface area contributed by atoms with E-state index in [2.05, 4.69) is 21.2 Å². The summed E-state index contributed by atoms with van der Waals surface area (Å²) in [6.07, 6.45) is 0. The zero-order chi connectivity index (χ0) is 13.3. The molecule has 0 radical (unpaired) electrons. The number of carbonyl (C=O) groups is 1. The number of nitrogens with one attached hydrogen (secondary N) is 1. The zero-order valence-corrected chi connectivity index (χ0v) is 12.1. The third kappa shape index (κ3) is 2.52. The molecule has 0 aromatic heterocycles. The number of halogens is 1. The predicted molar refractivity (Wildman–Crippen MR) is 74.7 cm³/mol. The van der Waals surface area contributed by atoms with E-state index in [1.54, 1.807) is 0 Å². The van der Waals surface area contributed by atoms with E-state index in [0.717, 1.165) is 15.7 Å². The Bertz CT molecular complexity index is 464. The van der Waals surface area contributed by atoms with Gasteiger partial charge in [-0.3, -0.25) is 4.79 Å². The molecule has 1 aliphatic heterocycles. The minimum atomic E-state index is -0.498. The van der Waals surface area contributed by atoms with E-state index in [-0.39, 0.29) is 18.6 Å². The number of nitrogens with zero attached hydrogens (tertiary/aromatic N) is 1. The van der Waals surface area contributed by atoms with Gasteiger partial charge in [-0.15, -0.1) is 0 Å². The van der Waals surface area contributed by atoms with Gasteiger partial charge in [-0.1, -0.05) is 15.9 Å². The molecule has 0 saturated carbocycles. The number of hydrogen-bond donors (Lipinski definition) is 2. The topological polar surface area (TPSA) is 52.6 Å². The Morgan fingerprint density at radius 2 is 2.28 bits per heavy atom. The van der Waals surface area contributed by atoms with Gasteiger partial charge in [-0.25, -0.2) is 0 Å². The SMILES string of the molecule is Cc1cc(N2CC(C)NC(=O)C2CO)ccc1Br. The monoisotopic (exact) mass is 312 g/mol. The fourth-order valence-electron chi connectivity index (χ4n) is 2.22. The Labute approximate surface area is 115 Å². The maximum atomic E-state index is 11.8. The highest BCUT2D eigenvalue weighted by Gasteiger charge is 2.32. The quantitative estimate of drug-likeness (QED) is 0.869. The molecular formula is C13H17BrN2O2. The Morgan fingerprint density at radius 1 is 1.56 bits per heavy atom. The van der Waals surface area contributed by atoms with Crippen molar-refractivity contribution < 1.29 is 9.90 Å². The molecule has 1 aromatic rings. The van der Waals surface area contributed by atoms with Gasteiger partial charge in [-0.2, -0.15) is 0 Å². The van der Waals surface area contributed by atoms with Gasteiger partial charge in [0.15, 0.2) is 0 Å². The highest BCUT2D eigenvalue weighted by atomic mass is 79.9. The Kier molecular flexibility index (Phi) is 3.92. The molecule has 1 fully saturated rings. The van der Waals surface area contributed by atoms with Crippen LogP contribution in [0.25, 0.3) is 0 Å². The van der Waals surface area contributed by atoms with Crippen LogP contribution in [-0.4, -0.2) is 36.2 Å². The molecule has 1 amide bonds. The first kappa shape index (κ1) is 13.4. The second-order valence-corrected chi connectivity index (χ2v) is 5.55. The number of anilines is 1. The lowest BCUT2D eigenvalue weighted by Crippen LogP contribution is -2.60. The van der Waals surface area contributed by atoms with Crippen LogP contribution in [0.15, 0.2) is 22.7 Å². The standard InChI is InChI=1S/C13H17BrN2O2/c1-8-5-10(3-4-11(8)14)16-6-9(2)15-13(18)12(16)7-17/h3-5,9,12,17H,6-7H2,1-2H3,(H,15,18). The maximum Gasteiger partial charge on any atom is 0.245 e. The maximum absolute atomic E-state index is 11.8. The van der Waals surface area contributed by atoms with Crippen molar-refractivity contribution in [3.63, 3.8) is 0 Å². The lowest BCUT2D eigenvalue weighted by molar-refractivity contribution is -0.125. The molecule has 2 unspecified atom stereocenters. The minimum Gasteiger partial charge on any atom is -0.394 e. The number of benzene rings is 1. The van der Waals surface area contributed by atoms with Crippen molar-refractivity contribution in [1.82, 2.24) is 5.32 Å². The fourth-order valence-corrected chi connectivity index (χ4v) is 2.47. The van der Waals surface area contributed by atoms with E-state index in [1.807, 2.05) is 36.9 Å². The van der Waals surface area contributed by atoms with Crippen molar-refractivity contribution in [3.05, 3.63) is 28.2 Å².